The average molecular weight is 266 g/mol. The van der Waals surface area contributed by atoms with E-state index in [2.05, 4.69) is 19.6 Å². The van der Waals surface area contributed by atoms with Crippen LogP contribution in [0.5, 0.6) is 0 Å². The first-order chi connectivity index (χ1) is 8.44. The molecule has 0 heterocycles. The summed E-state index contributed by atoms with van der Waals surface area (Å²) in [4.78, 5) is 11.7. The second kappa shape index (κ2) is 6.71. The Labute approximate surface area is 110 Å². The maximum absolute atomic E-state index is 11.7. The first-order valence-corrected chi connectivity index (χ1v) is 9.89. The number of carbonyl (C=O) groups excluding carboxylic acids is 1. The third-order valence-corrected chi connectivity index (χ3v) is 4.36. The molecule has 1 aromatic carbocycles. The number of benzene rings is 1. The van der Waals surface area contributed by atoms with Gasteiger partial charge in [-0.2, -0.15) is 0 Å². The normalized spacial score (nSPS) is 13.1. The summed E-state index contributed by atoms with van der Waals surface area (Å²) < 4.78 is 10.5. The molecule has 4 heteroatoms. The van der Waals surface area contributed by atoms with Crippen molar-refractivity contribution in [2.45, 2.75) is 31.8 Å². The second-order valence-corrected chi connectivity index (χ2v) is 11.1. The Morgan fingerprint density at radius 3 is 2.33 bits per heavy atom. The SMILES string of the molecule is COC(=O)[C@@H](OCC[Si](C)(C)C)c1ccccc1. The zero-order valence-corrected chi connectivity index (χ0v) is 12.6. The van der Waals surface area contributed by atoms with Crippen LogP contribution in [0.15, 0.2) is 30.3 Å². The van der Waals surface area contributed by atoms with Gasteiger partial charge in [0, 0.05) is 14.7 Å². The highest BCUT2D eigenvalue weighted by atomic mass is 28.3. The van der Waals surface area contributed by atoms with Gasteiger partial charge in [0.1, 0.15) is 0 Å². The molecule has 100 valence electrons. The van der Waals surface area contributed by atoms with E-state index in [0.717, 1.165) is 11.6 Å². The summed E-state index contributed by atoms with van der Waals surface area (Å²) in [6.45, 7) is 7.45. The van der Waals surface area contributed by atoms with E-state index in [1.54, 1.807) is 0 Å². The summed E-state index contributed by atoms with van der Waals surface area (Å²) in [6.07, 6.45) is -0.604. The van der Waals surface area contributed by atoms with Crippen LogP contribution in [-0.4, -0.2) is 27.8 Å². The van der Waals surface area contributed by atoms with Gasteiger partial charge in [-0.15, -0.1) is 0 Å². The molecule has 18 heavy (non-hydrogen) atoms. The predicted molar refractivity (Wildman–Crippen MR) is 75.3 cm³/mol. The van der Waals surface area contributed by atoms with Crippen molar-refractivity contribution in [3.05, 3.63) is 35.9 Å². The minimum atomic E-state index is -1.15. The summed E-state index contributed by atoms with van der Waals surface area (Å²) in [5, 5.41) is 0. The largest absolute Gasteiger partial charge is 0.467 e. The first-order valence-electron chi connectivity index (χ1n) is 6.18. The van der Waals surface area contributed by atoms with Crippen LogP contribution in [-0.2, 0) is 14.3 Å². The third kappa shape index (κ3) is 5.02. The van der Waals surface area contributed by atoms with Crippen molar-refractivity contribution >= 4 is 14.0 Å². The smallest absolute Gasteiger partial charge is 0.339 e. The zero-order chi connectivity index (χ0) is 13.6. The lowest BCUT2D eigenvalue weighted by molar-refractivity contribution is -0.154. The molecule has 0 spiro atoms. The number of esters is 1. The number of hydrogen-bond donors (Lipinski definition) is 0. The molecule has 1 rings (SSSR count). The van der Waals surface area contributed by atoms with Crippen LogP contribution in [0.2, 0.25) is 25.7 Å². The van der Waals surface area contributed by atoms with Crippen molar-refractivity contribution in [3.63, 3.8) is 0 Å². The van der Waals surface area contributed by atoms with Crippen molar-refractivity contribution in [2.24, 2.45) is 0 Å². The molecule has 0 aliphatic rings. The molecule has 0 aliphatic heterocycles. The third-order valence-electron chi connectivity index (χ3n) is 2.65. The van der Waals surface area contributed by atoms with E-state index in [1.165, 1.54) is 7.11 Å². The topological polar surface area (TPSA) is 35.5 Å². The molecule has 0 radical (unpaired) electrons. The average Bonchev–Trinajstić information content (AvgIpc) is 2.33. The molecular weight excluding hydrogens is 244 g/mol. The summed E-state index contributed by atoms with van der Waals surface area (Å²) in [7, 11) is 0.242. The first kappa shape index (κ1) is 14.9. The van der Waals surface area contributed by atoms with Crippen LogP contribution in [0.4, 0.5) is 0 Å². The Kier molecular flexibility index (Phi) is 5.56. The molecule has 0 fully saturated rings. The quantitative estimate of drug-likeness (QED) is 0.585. The van der Waals surface area contributed by atoms with Crippen LogP contribution in [0.3, 0.4) is 0 Å². The van der Waals surface area contributed by atoms with Gasteiger partial charge in [0.05, 0.1) is 7.11 Å². The summed E-state index contributed by atoms with van der Waals surface area (Å²) in [5.74, 6) is -0.336. The number of hydrogen-bond acceptors (Lipinski definition) is 3. The minimum Gasteiger partial charge on any atom is -0.467 e. The van der Waals surface area contributed by atoms with Crippen molar-refractivity contribution in [3.8, 4) is 0 Å². The van der Waals surface area contributed by atoms with Crippen molar-refractivity contribution in [1.82, 2.24) is 0 Å². The van der Waals surface area contributed by atoms with Crippen LogP contribution >= 0.6 is 0 Å². The number of rotatable bonds is 6. The fraction of sp³-hybridized carbons (Fsp3) is 0.500. The van der Waals surface area contributed by atoms with E-state index in [-0.39, 0.29) is 5.97 Å². The molecule has 0 bridgehead atoms. The van der Waals surface area contributed by atoms with Crippen molar-refractivity contribution in [1.29, 1.82) is 0 Å². The Morgan fingerprint density at radius 1 is 1.22 bits per heavy atom. The Morgan fingerprint density at radius 2 is 1.83 bits per heavy atom. The van der Waals surface area contributed by atoms with Gasteiger partial charge >= 0.3 is 5.97 Å². The minimum absolute atomic E-state index is 0.336. The van der Waals surface area contributed by atoms with Crippen LogP contribution < -0.4 is 0 Å². The van der Waals surface area contributed by atoms with Crippen LogP contribution in [0, 0.1) is 0 Å². The lowest BCUT2D eigenvalue weighted by Gasteiger charge is -2.19. The van der Waals surface area contributed by atoms with E-state index >= 15 is 0 Å². The molecular formula is C14H22O3Si. The van der Waals surface area contributed by atoms with Gasteiger partial charge < -0.3 is 9.47 Å². The lowest BCUT2D eigenvalue weighted by Crippen LogP contribution is -2.24. The molecule has 0 N–H and O–H groups in total. The monoisotopic (exact) mass is 266 g/mol. The Hall–Kier alpha value is -1.13. The van der Waals surface area contributed by atoms with Gasteiger partial charge in [0.2, 0.25) is 0 Å². The predicted octanol–water partition coefficient (Wildman–Crippen LogP) is 3.26. The van der Waals surface area contributed by atoms with E-state index in [1.807, 2.05) is 30.3 Å². The highest BCUT2D eigenvalue weighted by Crippen LogP contribution is 2.20. The van der Waals surface area contributed by atoms with Crippen molar-refractivity contribution < 1.29 is 14.3 Å². The van der Waals surface area contributed by atoms with Gasteiger partial charge in [0.25, 0.3) is 0 Å². The standard InChI is InChI=1S/C14H22O3Si/c1-16-14(15)13(12-8-6-5-7-9-12)17-10-11-18(2,3)4/h5-9,13H,10-11H2,1-4H3/t13-/m0/s1. The highest BCUT2D eigenvalue weighted by molar-refractivity contribution is 6.76. The molecule has 0 amide bonds. The molecule has 0 unspecified atom stereocenters. The zero-order valence-electron chi connectivity index (χ0n) is 11.6. The Bertz CT molecular complexity index is 370. The molecule has 3 nitrogen and oxygen atoms in total. The molecule has 1 atom stereocenters. The van der Waals surface area contributed by atoms with Gasteiger partial charge in [-0.05, 0) is 11.6 Å². The van der Waals surface area contributed by atoms with E-state index in [4.69, 9.17) is 9.47 Å². The molecule has 0 saturated carbocycles. The van der Waals surface area contributed by atoms with Crippen LogP contribution in [0.1, 0.15) is 11.7 Å². The fourth-order valence-electron chi connectivity index (χ4n) is 1.52. The maximum Gasteiger partial charge on any atom is 0.339 e. The van der Waals surface area contributed by atoms with E-state index in [9.17, 15) is 4.79 Å². The van der Waals surface area contributed by atoms with Gasteiger partial charge in [-0.25, -0.2) is 4.79 Å². The summed E-state index contributed by atoms with van der Waals surface area (Å²) >= 11 is 0. The maximum atomic E-state index is 11.7. The number of ether oxygens (including phenoxy) is 2. The van der Waals surface area contributed by atoms with E-state index in [0.29, 0.717) is 6.61 Å². The van der Waals surface area contributed by atoms with Gasteiger partial charge in [-0.3, -0.25) is 0 Å². The summed E-state index contributed by atoms with van der Waals surface area (Å²) in [6, 6.07) is 10.5. The fourth-order valence-corrected chi connectivity index (χ4v) is 2.25. The number of carbonyl (C=O) groups is 1. The highest BCUT2D eigenvalue weighted by Gasteiger charge is 2.23. The summed E-state index contributed by atoms with van der Waals surface area (Å²) in [5.41, 5.74) is 0.847. The van der Waals surface area contributed by atoms with Gasteiger partial charge in [-0.1, -0.05) is 50.0 Å². The van der Waals surface area contributed by atoms with Gasteiger partial charge in [0.15, 0.2) is 6.10 Å². The molecule has 0 saturated heterocycles. The van der Waals surface area contributed by atoms with Crippen molar-refractivity contribution in [2.75, 3.05) is 13.7 Å². The second-order valence-electron chi connectivity index (χ2n) is 5.50. The molecule has 0 aromatic heterocycles. The van der Waals surface area contributed by atoms with E-state index < -0.39 is 14.2 Å². The molecule has 0 aliphatic carbocycles. The molecule has 1 aromatic rings. The van der Waals surface area contributed by atoms with Crippen LogP contribution in [0.25, 0.3) is 0 Å². The number of methoxy groups -OCH3 is 1. The lowest BCUT2D eigenvalue weighted by atomic mass is 10.1. The Balaban J connectivity index is 2.66.